The van der Waals surface area contributed by atoms with E-state index in [4.69, 9.17) is 0 Å². The molecule has 0 spiro atoms. The molecule has 0 atom stereocenters. The Morgan fingerprint density at radius 3 is 2.64 bits per heavy atom. The van der Waals surface area contributed by atoms with Gasteiger partial charge in [-0.2, -0.15) is 0 Å². The number of urea groups is 1. The number of nitrogens with one attached hydrogen (secondary N) is 1. The fraction of sp³-hybridized carbons (Fsp3) is 0.778. The van der Waals surface area contributed by atoms with Crippen LogP contribution in [0.5, 0.6) is 0 Å². The summed E-state index contributed by atoms with van der Waals surface area (Å²) in [6, 6.07) is 0.0882. The van der Waals surface area contributed by atoms with Crippen LogP contribution >= 0.6 is 11.3 Å². The highest BCUT2D eigenvalue weighted by Crippen LogP contribution is 2.33. The standard InChI is InChI=1S/C18H31N5OS/c1-15-13-25-17(20-15)23-10-6-9-22(11-12-23)16(24)19-14-18(21(2)3)7-4-5-8-18/h13H,4-12,14H2,1-3H3,(H,19,24). The fourth-order valence-corrected chi connectivity index (χ4v) is 4.82. The van der Waals surface area contributed by atoms with Crippen molar-refractivity contribution in [1.29, 1.82) is 0 Å². The molecule has 1 saturated carbocycles. The highest BCUT2D eigenvalue weighted by Gasteiger charge is 2.36. The predicted molar refractivity (Wildman–Crippen MR) is 104 cm³/mol. The molecule has 0 aromatic carbocycles. The molecular formula is C18H31N5OS. The van der Waals surface area contributed by atoms with Crippen LogP contribution in [0.4, 0.5) is 9.93 Å². The molecule has 1 aliphatic heterocycles. The Bertz CT molecular complexity index is 582. The van der Waals surface area contributed by atoms with E-state index in [1.165, 1.54) is 25.7 Å². The first kappa shape index (κ1) is 18.5. The van der Waals surface area contributed by atoms with Crippen LogP contribution in [0.25, 0.3) is 0 Å². The number of likely N-dealkylation sites (N-methyl/N-ethyl adjacent to an activating group) is 1. The third-order valence-corrected chi connectivity index (χ3v) is 6.73. The summed E-state index contributed by atoms with van der Waals surface area (Å²) < 4.78 is 0. The fourth-order valence-electron chi connectivity index (χ4n) is 3.97. The number of thiazole rings is 1. The van der Waals surface area contributed by atoms with E-state index in [1.54, 1.807) is 11.3 Å². The number of carbonyl (C=O) groups is 1. The van der Waals surface area contributed by atoms with Crippen molar-refractivity contribution in [1.82, 2.24) is 20.1 Å². The Morgan fingerprint density at radius 1 is 1.24 bits per heavy atom. The van der Waals surface area contributed by atoms with Gasteiger partial charge in [0.15, 0.2) is 5.13 Å². The van der Waals surface area contributed by atoms with Gasteiger partial charge in [0.2, 0.25) is 0 Å². The lowest BCUT2D eigenvalue weighted by atomic mass is 9.96. The Labute approximate surface area is 155 Å². The first-order valence-electron chi connectivity index (χ1n) is 9.37. The number of amides is 2. The molecule has 1 aliphatic carbocycles. The molecule has 0 radical (unpaired) electrons. The molecule has 2 fully saturated rings. The summed E-state index contributed by atoms with van der Waals surface area (Å²) in [4.78, 5) is 23.8. The van der Waals surface area contributed by atoms with Crippen LogP contribution in [0.3, 0.4) is 0 Å². The van der Waals surface area contributed by atoms with Crippen LogP contribution in [0, 0.1) is 6.92 Å². The molecule has 3 rings (SSSR count). The molecule has 1 aromatic heterocycles. The number of nitrogens with zero attached hydrogens (tertiary/aromatic N) is 4. The van der Waals surface area contributed by atoms with Crippen LogP contribution in [0.2, 0.25) is 0 Å². The second-order valence-electron chi connectivity index (χ2n) is 7.58. The molecule has 7 heteroatoms. The van der Waals surface area contributed by atoms with Gasteiger partial charge < -0.3 is 20.0 Å². The maximum Gasteiger partial charge on any atom is 0.317 e. The molecule has 0 unspecified atom stereocenters. The molecule has 140 valence electrons. The summed E-state index contributed by atoms with van der Waals surface area (Å²) in [6.45, 7) is 6.20. The van der Waals surface area contributed by atoms with Crippen molar-refractivity contribution in [3.63, 3.8) is 0 Å². The summed E-state index contributed by atoms with van der Waals surface area (Å²) >= 11 is 1.69. The smallest absolute Gasteiger partial charge is 0.317 e. The first-order chi connectivity index (χ1) is 12.0. The summed E-state index contributed by atoms with van der Waals surface area (Å²) in [7, 11) is 4.27. The highest BCUT2D eigenvalue weighted by molar-refractivity contribution is 7.13. The minimum absolute atomic E-state index is 0.0882. The molecule has 2 aliphatic rings. The van der Waals surface area contributed by atoms with Gasteiger partial charge in [-0.3, -0.25) is 0 Å². The summed E-state index contributed by atoms with van der Waals surface area (Å²) in [5.74, 6) is 0. The topological polar surface area (TPSA) is 51.7 Å². The van der Waals surface area contributed by atoms with Crippen LogP contribution in [0.15, 0.2) is 5.38 Å². The quantitative estimate of drug-likeness (QED) is 0.891. The molecule has 1 saturated heterocycles. The SMILES string of the molecule is Cc1csc(N2CCCN(C(=O)NCC3(N(C)C)CCCC3)CC2)n1. The van der Waals surface area contributed by atoms with Gasteiger partial charge in [-0.05, 0) is 40.3 Å². The second kappa shape index (κ2) is 7.91. The molecule has 1 N–H and O–H groups in total. The van der Waals surface area contributed by atoms with Gasteiger partial charge in [0.05, 0.1) is 5.69 Å². The molecule has 25 heavy (non-hydrogen) atoms. The summed E-state index contributed by atoms with van der Waals surface area (Å²) in [6.07, 6.45) is 5.87. The normalized spacial score (nSPS) is 20.8. The zero-order valence-corrected chi connectivity index (χ0v) is 16.6. The number of hydrogen-bond acceptors (Lipinski definition) is 5. The second-order valence-corrected chi connectivity index (χ2v) is 8.42. The maximum atomic E-state index is 12.7. The van der Waals surface area contributed by atoms with Crippen molar-refractivity contribution in [2.45, 2.75) is 44.6 Å². The van der Waals surface area contributed by atoms with Gasteiger partial charge in [-0.25, -0.2) is 9.78 Å². The molecular weight excluding hydrogens is 334 g/mol. The Balaban J connectivity index is 1.52. The van der Waals surface area contributed by atoms with Crippen LogP contribution in [0.1, 0.15) is 37.8 Å². The van der Waals surface area contributed by atoms with Crippen molar-refractivity contribution in [3.05, 3.63) is 11.1 Å². The third kappa shape index (κ3) is 4.26. The minimum Gasteiger partial charge on any atom is -0.346 e. The molecule has 2 heterocycles. The van der Waals surface area contributed by atoms with Crippen molar-refractivity contribution in [2.24, 2.45) is 0 Å². The van der Waals surface area contributed by atoms with E-state index >= 15 is 0 Å². The third-order valence-electron chi connectivity index (χ3n) is 5.71. The number of aryl methyl sites for hydroxylation is 1. The zero-order valence-electron chi connectivity index (χ0n) is 15.8. The molecule has 0 bridgehead atoms. The van der Waals surface area contributed by atoms with E-state index in [0.717, 1.165) is 50.0 Å². The van der Waals surface area contributed by atoms with Crippen LogP contribution in [-0.2, 0) is 0 Å². The van der Waals surface area contributed by atoms with Crippen molar-refractivity contribution in [2.75, 3.05) is 51.7 Å². The van der Waals surface area contributed by atoms with E-state index < -0.39 is 0 Å². The summed E-state index contributed by atoms with van der Waals surface area (Å²) in [5, 5.41) is 6.39. The highest BCUT2D eigenvalue weighted by atomic mass is 32.1. The zero-order chi connectivity index (χ0) is 17.9. The Hall–Kier alpha value is -1.34. The summed E-state index contributed by atoms with van der Waals surface area (Å²) in [5.41, 5.74) is 1.22. The van der Waals surface area contributed by atoms with Gasteiger partial charge in [0, 0.05) is 43.6 Å². The maximum absolute atomic E-state index is 12.7. The van der Waals surface area contributed by atoms with E-state index in [1.807, 2.05) is 11.8 Å². The Kier molecular flexibility index (Phi) is 5.84. The van der Waals surface area contributed by atoms with E-state index in [2.05, 4.69) is 39.6 Å². The number of aromatic nitrogens is 1. The largest absolute Gasteiger partial charge is 0.346 e. The van der Waals surface area contributed by atoms with E-state index in [9.17, 15) is 4.79 Å². The number of hydrogen-bond donors (Lipinski definition) is 1. The van der Waals surface area contributed by atoms with Gasteiger partial charge in [0.25, 0.3) is 0 Å². The van der Waals surface area contributed by atoms with Crippen LogP contribution < -0.4 is 10.2 Å². The van der Waals surface area contributed by atoms with Crippen LogP contribution in [-0.4, -0.2) is 73.2 Å². The van der Waals surface area contributed by atoms with Crippen molar-refractivity contribution < 1.29 is 4.79 Å². The van der Waals surface area contributed by atoms with Crippen molar-refractivity contribution in [3.8, 4) is 0 Å². The molecule has 6 nitrogen and oxygen atoms in total. The average Bonchev–Trinajstić information content (AvgIpc) is 3.17. The van der Waals surface area contributed by atoms with E-state index in [0.29, 0.717) is 0 Å². The predicted octanol–water partition coefficient (Wildman–Crippen LogP) is 2.55. The van der Waals surface area contributed by atoms with Gasteiger partial charge >= 0.3 is 6.03 Å². The lowest BCUT2D eigenvalue weighted by Gasteiger charge is -2.37. The monoisotopic (exact) mass is 365 g/mol. The molecule has 2 amide bonds. The lowest BCUT2D eigenvalue weighted by molar-refractivity contribution is 0.147. The lowest BCUT2D eigenvalue weighted by Crippen LogP contribution is -2.53. The van der Waals surface area contributed by atoms with Gasteiger partial charge in [-0.15, -0.1) is 11.3 Å². The average molecular weight is 366 g/mol. The molecule has 1 aromatic rings. The van der Waals surface area contributed by atoms with Gasteiger partial charge in [0.1, 0.15) is 0 Å². The minimum atomic E-state index is 0.0882. The number of anilines is 1. The van der Waals surface area contributed by atoms with E-state index in [-0.39, 0.29) is 11.6 Å². The number of rotatable bonds is 4. The van der Waals surface area contributed by atoms with Crippen molar-refractivity contribution >= 4 is 22.5 Å². The Morgan fingerprint density at radius 2 is 2.00 bits per heavy atom. The van der Waals surface area contributed by atoms with Gasteiger partial charge in [-0.1, -0.05) is 12.8 Å². The number of carbonyl (C=O) groups excluding carboxylic acids is 1. The first-order valence-corrected chi connectivity index (χ1v) is 10.3.